The molecule has 1 heterocycles. The van der Waals surface area contributed by atoms with Crippen LogP contribution in [-0.4, -0.2) is 77.6 Å². The number of aliphatic hydroxyl groups is 1. The lowest BCUT2D eigenvalue weighted by Gasteiger charge is -2.37. The smallest absolute Gasteiger partial charge is 0.237 e. The quantitative estimate of drug-likeness (QED) is 0.319. The Labute approximate surface area is 242 Å². The van der Waals surface area contributed by atoms with E-state index >= 15 is 0 Å². The molecular weight excluding hydrogens is 538 g/mol. The number of piperazine rings is 1. The summed E-state index contributed by atoms with van der Waals surface area (Å²) in [5, 5.41) is 17.2. The van der Waals surface area contributed by atoms with Crippen molar-refractivity contribution in [2.75, 3.05) is 32.7 Å². The average molecular weight is 581 g/mol. The molecule has 3 atom stereocenters. The fraction of sp³-hybridized carbons (Fsp3) is 0.533. The number of hydrogen-bond donors (Lipinski definition) is 3. The van der Waals surface area contributed by atoms with Crippen molar-refractivity contribution in [3.63, 3.8) is 0 Å². The number of halogens is 3. The molecule has 0 saturated carbocycles. The maximum absolute atomic E-state index is 13.9. The number of benzene rings is 2. The number of nitrogens with one attached hydrogen (secondary N) is 2. The molecule has 2 aromatic rings. The predicted molar refractivity (Wildman–Crippen MR) is 155 cm³/mol. The van der Waals surface area contributed by atoms with Crippen LogP contribution in [0.1, 0.15) is 50.3 Å². The van der Waals surface area contributed by atoms with Gasteiger partial charge in [0.1, 0.15) is 11.6 Å². The lowest BCUT2D eigenvalue weighted by molar-refractivity contribution is -0.139. The Morgan fingerprint density at radius 3 is 2.40 bits per heavy atom. The third-order valence-electron chi connectivity index (χ3n) is 7.31. The third kappa shape index (κ3) is 10.1. The first-order chi connectivity index (χ1) is 18.7. The Bertz CT molecular complexity index is 1090. The molecule has 3 N–H and O–H groups in total. The number of rotatable bonds is 14. The summed E-state index contributed by atoms with van der Waals surface area (Å²) >= 11 is 0. The first kappa shape index (κ1) is 33.6. The summed E-state index contributed by atoms with van der Waals surface area (Å²) in [6.07, 6.45) is 1.90. The van der Waals surface area contributed by atoms with Crippen LogP contribution in [0.4, 0.5) is 8.78 Å². The minimum atomic E-state index is -1.02. The van der Waals surface area contributed by atoms with E-state index in [1.54, 1.807) is 6.92 Å². The van der Waals surface area contributed by atoms with Crippen LogP contribution < -0.4 is 10.6 Å². The highest BCUT2D eigenvalue weighted by molar-refractivity contribution is 5.85. The van der Waals surface area contributed by atoms with Gasteiger partial charge in [0.05, 0.1) is 24.7 Å². The van der Waals surface area contributed by atoms with Crippen LogP contribution >= 0.6 is 12.4 Å². The predicted octanol–water partition coefficient (Wildman–Crippen LogP) is 3.46. The summed E-state index contributed by atoms with van der Waals surface area (Å²) in [6, 6.07) is 9.94. The molecule has 3 rings (SSSR count). The van der Waals surface area contributed by atoms with Crippen molar-refractivity contribution in [2.24, 2.45) is 0 Å². The van der Waals surface area contributed by atoms with Crippen LogP contribution in [0.15, 0.2) is 42.5 Å². The molecular formula is C30H43ClF2N4O3. The summed E-state index contributed by atoms with van der Waals surface area (Å²) in [7, 11) is 0. The Kier molecular flexibility index (Phi) is 14.0. The Hall–Kier alpha value is -2.59. The SMILES string of the molecule is CCCCN1CCN([C@@H](C)C(=O)N[C@@H](Cc2cc(F)cc(F)c2)[C@H](O)CNCc2cccc(CC)c2)CC1=O.Cl. The van der Waals surface area contributed by atoms with E-state index in [1.165, 1.54) is 17.7 Å². The highest BCUT2D eigenvalue weighted by Crippen LogP contribution is 2.14. The van der Waals surface area contributed by atoms with Crippen molar-refractivity contribution in [2.45, 2.75) is 71.2 Å². The van der Waals surface area contributed by atoms with Gasteiger partial charge in [0, 0.05) is 38.8 Å². The highest BCUT2D eigenvalue weighted by Gasteiger charge is 2.32. The molecule has 1 aliphatic heterocycles. The molecule has 0 aromatic heterocycles. The van der Waals surface area contributed by atoms with Crippen LogP contribution in [-0.2, 0) is 29.0 Å². The molecule has 0 spiro atoms. The molecule has 1 saturated heterocycles. The number of carbonyl (C=O) groups is 2. The topological polar surface area (TPSA) is 84.9 Å². The second kappa shape index (κ2) is 16.6. The van der Waals surface area contributed by atoms with Gasteiger partial charge in [-0.25, -0.2) is 8.78 Å². The first-order valence-corrected chi connectivity index (χ1v) is 13.9. The van der Waals surface area contributed by atoms with Crippen molar-refractivity contribution >= 4 is 24.2 Å². The van der Waals surface area contributed by atoms with Crippen molar-refractivity contribution in [3.8, 4) is 0 Å². The fourth-order valence-corrected chi connectivity index (χ4v) is 4.84. The molecule has 1 fully saturated rings. The van der Waals surface area contributed by atoms with Gasteiger partial charge in [0.2, 0.25) is 11.8 Å². The zero-order valence-corrected chi connectivity index (χ0v) is 24.5. The standard InChI is InChI=1S/C30H42F2N4O3.ClH/c1-4-6-10-35-11-12-36(20-29(35)38)21(3)30(39)34-27(16-24-14-25(31)17-26(32)15-24)28(37)19-33-18-23-9-7-8-22(5-2)13-23;/h7-9,13-15,17,21,27-28,33,37H,4-6,10-12,16,18-20H2,1-3H3,(H,34,39);1H/t21-,27-,28+;/m0./s1. The lowest BCUT2D eigenvalue weighted by atomic mass is 10.00. The Morgan fingerprint density at radius 1 is 1.05 bits per heavy atom. The van der Waals surface area contributed by atoms with Crippen molar-refractivity contribution in [3.05, 3.63) is 70.8 Å². The zero-order chi connectivity index (χ0) is 28.4. The molecule has 2 aromatic carbocycles. The normalized spacial score (nSPS) is 16.2. The van der Waals surface area contributed by atoms with Crippen LogP contribution in [0, 0.1) is 11.6 Å². The summed E-state index contributed by atoms with van der Waals surface area (Å²) < 4.78 is 27.7. The molecule has 40 heavy (non-hydrogen) atoms. The van der Waals surface area contributed by atoms with E-state index in [-0.39, 0.29) is 43.7 Å². The molecule has 0 radical (unpaired) electrons. The second-order valence-corrected chi connectivity index (χ2v) is 10.3. The van der Waals surface area contributed by atoms with Gasteiger partial charge in [0.25, 0.3) is 0 Å². The average Bonchev–Trinajstić information content (AvgIpc) is 2.91. The number of nitrogens with zero attached hydrogens (tertiary/aromatic N) is 2. The van der Waals surface area contributed by atoms with Gasteiger partial charge in [-0.05, 0) is 55.0 Å². The summed E-state index contributed by atoms with van der Waals surface area (Å²) in [6.45, 7) is 8.60. The maximum atomic E-state index is 13.9. The largest absolute Gasteiger partial charge is 0.390 e. The second-order valence-electron chi connectivity index (χ2n) is 10.3. The van der Waals surface area contributed by atoms with Crippen LogP contribution in [0.25, 0.3) is 0 Å². The maximum Gasteiger partial charge on any atom is 0.237 e. The minimum Gasteiger partial charge on any atom is -0.390 e. The fourth-order valence-electron chi connectivity index (χ4n) is 4.84. The van der Waals surface area contributed by atoms with Gasteiger partial charge in [-0.2, -0.15) is 0 Å². The third-order valence-corrected chi connectivity index (χ3v) is 7.31. The van der Waals surface area contributed by atoms with Crippen molar-refractivity contribution in [1.29, 1.82) is 0 Å². The molecule has 0 aliphatic carbocycles. The van der Waals surface area contributed by atoms with E-state index in [0.29, 0.717) is 25.2 Å². The van der Waals surface area contributed by atoms with E-state index in [1.807, 2.05) is 21.9 Å². The number of amides is 2. The first-order valence-electron chi connectivity index (χ1n) is 13.9. The van der Waals surface area contributed by atoms with Gasteiger partial charge in [-0.3, -0.25) is 14.5 Å². The number of unbranched alkanes of at least 4 members (excludes halogenated alkanes) is 1. The van der Waals surface area contributed by atoms with Gasteiger partial charge in [0.15, 0.2) is 0 Å². The molecule has 7 nitrogen and oxygen atoms in total. The van der Waals surface area contributed by atoms with Crippen molar-refractivity contribution < 1.29 is 23.5 Å². The summed E-state index contributed by atoms with van der Waals surface area (Å²) in [5.74, 6) is -1.78. The number of carbonyl (C=O) groups excluding carboxylic acids is 2. The zero-order valence-electron chi connectivity index (χ0n) is 23.7. The van der Waals surface area contributed by atoms with Gasteiger partial charge >= 0.3 is 0 Å². The number of aliphatic hydroxyl groups excluding tert-OH is 1. The minimum absolute atomic E-state index is 0. The van der Waals surface area contributed by atoms with E-state index in [4.69, 9.17) is 0 Å². The van der Waals surface area contributed by atoms with Crippen molar-refractivity contribution in [1.82, 2.24) is 20.4 Å². The Balaban J connectivity index is 0.00000560. The number of aryl methyl sites for hydroxylation is 1. The van der Waals surface area contributed by atoms with E-state index in [9.17, 15) is 23.5 Å². The van der Waals surface area contributed by atoms with Crippen LogP contribution in [0.3, 0.4) is 0 Å². The van der Waals surface area contributed by atoms with Gasteiger partial charge in [-0.15, -0.1) is 12.4 Å². The van der Waals surface area contributed by atoms with Gasteiger partial charge < -0.3 is 20.6 Å². The van der Waals surface area contributed by atoms with Crippen LogP contribution in [0.5, 0.6) is 0 Å². The molecule has 2 amide bonds. The van der Waals surface area contributed by atoms with Gasteiger partial charge in [-0.1, -0.05) is 44.5 Å². The number of hydrogen-bond acceptors (Lipinski definition) is 5. The van der Waals surface area contributed by atoms with Crippen LogP contribution in [0.2, 0.25) is 0 Å². The molecule has 10 heteroatoms. The molecule has 0 unspecified atom stereocenters. The highest BCUT2D eigenvalue weighted by atomic mass is 35.5. The molecule has 0 bridgehead atoms. The Morgan fingerprint density at radius 2 is 1.75 bits per heavy atom. The molecule has 1 aliphatic rings. The summed E-state index contributed by atoms with van der Waals surface area (Å²) in [5.41, 5.74) is 2.62. The van der Waals surface area contributed by atoms with E-state index < -0.39 is 29.8 Å². The van der Waals surface area contributed by atoms with E-state index in [2.05, 4.69) is 36.6 Å². The summed E-state index contributed by atoms with van der Waals surface area (Å²) in [4.78, 5) is 29.5. The van der Waals surface area contributed by atoms with E-state index in [0.717, 1.165) is 37.4 Å². The molecule has 222 valence electrons. The lowest BCUT2D eigenvalue weighted by Crippen LogP contribution is -2.58. The monoisotopic (exact) mass is 580 g/mol.